The average molecular weight is 381 g/mol. The van der Waals surface area contributed by atoms with E-state index in [-0.39, 0.29) is 36.2 Å². The van der Waals surface area contributed by atoms with E-state index in [1.165, 1.54) is 0 Å². The quantitative estimate of drug-likeness (QED) is 0.846. The van der Waals surface area contributed by atoms with E-state index in [4.69, 9.17) is 0 Å². The molecule has 1 N–H and O–H groups in total. The maximum absolute atomic E-state index is 13.3. The lowest BCUT2D eigenvalue weighted by molar-refractivity contribution is -0.139. The van der Waals surface area contributed by atoms with E-state index in [2.05, 4.69) is 10.3 Å². The van der Waals surface area contributed by atoms with Gasteiger partial charge in [0.2, 0.25) is 11.8 Å². The lowest BCUT2D eigenvalue weighted by Gasteiger charge is -2.33. The van der Waals surface area contributed by atoms with E-state index in [1.54, 1.807) is 11.1 Å². The number of nitrogens with zero attached hydrogens (tertiary/aromatic N) is 3. The first kappa shape index (κ1) is 20.6. The Bertz CT molecular complexity index is 590. The highest BCUT2D eigenvalue weighted by atomic mass is 35.5. The van der Waals surface area contributed by atoms with E-state index in [9.17, 15) is 9.59 Å². The molecule has 6 nitrogen and oxygen atoms in total. The van der Waals surface area contributed by atoms with Crippen LogP contribution in [0.15, 0.2) is 24.4 Å². The Morgan fingerprint density at radius 3 is 2.88 bits per heavy atom. The second-order valence-corrected chi connectivity index (χ2v) is 6.96. The SMILES string of the molecule is CCN1CC(C(=O)N(Cc2ccccn2)C2CCCNCC2)CC1=O.Cl. The second-order valence-electron chi connectivity index (χ2n) is 6.96. The largest absolute Gasteiger partial charge is 0.342 e. The van der Waals surface area contributed by atoms with Crippen molar-refractivity contribution in [1.29, 1.82) is 0 Å². The number of carbonyl (C=O) groups excluding carboxylic acids is 2. The summed E-state index contributed by atoms with van der Waals surface area (Å²) in [5, 5.41) is 3.41. The van der Waals surface area contributed by atoms with Crippen molar-refractivity contribution >= 4 is 24.2 Å². The monoisotopic (exact) mass is 380 g/mol. The topological polar surface area (TPSA) is 65.5 Å². The van der Waals surface area contributed by atoms with Crippen LogP contribution in [0.25, 0.3) is 0 Å². The standard InChI is InChI=1S/C19H28N4O2.ClH/c1-2-22-13-15(12-18(22)24)19(25)23(14-16-6-3-4-10-21-16)17-7-5-9-20-11-8-17;/h3-4,6,10,15,17,20H,2,5,7-9,11-14H2,1H3;1H. The zero-order valence-electron chi connectivity index (χ0n) is 15.4. The predicted molar refractivity (Wildman–Crippen MR) is 103 cm³/mol. The van der Waals surface area contributed by atoms with Crippen molar-refractivity contribution in [3.05, 3.63) is 30.1 Å². The van der Waals surface area contributed by atoms with Crippen LogP contribution >= 0.6 is 12.4 Å². The van der Waals surface area contributed by atoms with Gasteiger partial charge in [-0.3, -0.25) is 14.6 Å². The van der Waals surface area contributed by atoms with Gasteiger partial charge in [0.05, 0.1) is 18.2 Å². The van der Waals surface area contributed by atoms with Gasteiger partial charge in [0.1, 0.15) is 0 Å². The van der Waals surface area contributed by atoms with Crippen LogP contribution in [0.1, 0.15) is 38.3 Å². The van der Waals surface area contributed by atoms with Gasteiger partial charge in [-0.1, -0.05) is 6.07 Å². The van der Waals surface area contributed by atoms with E-state index in [0.717, 1.165) is 38.0 Å². The van der Waals surface area contributed by atoms with E-state index >= 15 is 0 Å². The number of nitrogens with one attached hydrogen (secondary N) is 1. The van der Waals surface area contributed by atoms with Crippen LogP contribution in [0.4, 0.5) is 0 Å². The number of carbonyl (C=O) groups is 2. The lowest BCUT2D eigenvalue weighted by Crippen LogP contribution is -2.44. The maximum Gasteiger partial charge on any atom is 0.228 e. The number of rotatable bonds is 5. The van der Waals surface area contributed by atoms with Gasteiger partial charge in [0.25, 0.3) is 0 Å². The molecule has 0 radical (unpaired) electrons. The molecule has 3 rings (SSSR count). The normalized spacial score (nSPS) is 23.3. The molecule has 1 aromatic rings. The number of halogens is 1. The van der Waals surface area contributed by atoms with E-state index < -0.39 is 0 Å². The first-order valence-electron chi connectivity index (χ1n) is 9.38. The van der Waals surface area contributed by atoms with Crippen LogP contribution in [-0.2, 0) is 16.1 Å². The van der Waals surface area contributed by atoms with Gasteiger partial charge >= 0.3 is 0 Å². The van der Waals surface area contributed by atoms with Gasteiger partial charge in [0, 0.05) is 31.7 Å². The van der Waals surface area contributed by atoms with Crippen molar-refractivity contribution in [1.82, 2.24) is 20.1 Å². The molecule has 2 fully saturated rings. The number of likely N-dealkylation sites (tertiary alicyclic amines) is 1. The molecule has 2 atom stereocenters. The molecule has 2 aliphatic rings. The molecule has 2 unspecified atom stereocenters. The van der Waals surface area contributed by atoms with Gasteiger partial charge in [0.15, 0.2) is 0 Å². The van der Waals surface area contributed by atoms with Crippen molar-refractivity contribution in [3.63, 3.8) is 0 Å². The molecule has 26 heavy (non-hydrogen) atoms. The van der Waals surface area contributed by atoms with Gasteiger partial charge in [-0.25, -0.2) is 0 Å². The second kappa shape index (κ2) is 9.88. The molecule has 0 saturated carbocycles. The zero-order chi connectivity index (χ0) is 17.6. The summed E-state index contributed by atoms with van der Waals surface area (Å²) in [4.78, 5) is 33.5. The predicted octanol–water partition coefficient (Wildman–Crippen LogP) is 1.84. The maximum atomic E-state index is 13.3. The molecule has 0 spiro atoms. The summed E-state index contributed by atoms with van der Waals surface area (Å²) in [6.07, 6.45) is 5.14. The van der Waals surface area contributed by atoms with Crippen LogP contribution in [-0.4, -0.2) is 58.8 Å². The fraction of sp³-hybridized carbons (Fsp3) is 0.632. The van der Waals surface area contributed by atoms with Crippen LogP contribution in [0.2, 0.25) is 0 Å². The van der Waals surface area contributed by atoms with E-state index in [0.29, 0.717) is 26.1 Å². The number of hydrogen-bond donors (Lipinski definition) is 1. The Morgan fingerprint density at radius 2 is 2.19 bits per heavy atom. The Morgan fingerprint density at radius 1 is 1.35 bits per heavy atom. The lowest BCUT2D eigenvalue weighted by atomic mass is 10.0. The highest BCUT2D eigenvalue weighted by molar-refractivity contribution is 5.89. The first-order valence-corrected chi connectivity index (χ1v) is 9.38. The fourth-order valence-corrected chi connectivity index (χ4v) is 3.84. The molecule has 1 aromatic heterocycles. The molecule has 0 bridgehead atoms. The number of pyridine rings is 1. The fourth-order valence-electron chi connectivity index (χ4n) is 3.84. The number of aromatic nitrogens is 1. The summed E-state index contributed by atoms with van der Waals surface area (Å²) in [5.74, 6) is -0.00426. The number of amides is 2. The summed E-state index contributed by atoms with van der Waals surface area (Å²) in [6.45, 7) is 5.66. The molecule has 7 heteroatoms. The highest BCUT2D eigenvalue weighted by Gasteiger charge is 2.37. The average Bonchev–Trinajstić information content (AvgIpc) is 2.84. The third kappa shape index (κ3) is 4.95. The van der Waals surface area contributed by atoms with Crippen molar-refractivity contribution in [3.8, 4) is 0 Å². The van der Waals surface area contributed by atoms with Crippen molar-refractivity contribution in [2.75, 3.05) is 26.2 Å². The van der Waals surface area contributed by atoms with Crippen molar-refractivity contribution < 1.29 is 9.59 Å². The molecule has 2 amide bonds. The van der Waals surface area contributed by atoms with Crippen molar-refractivity contribution in [2.24, 2.45) is 5.92 Å². The molecule has 2 saturated heterocycles. The van der Waals surface area contributed by atoms with Crippen LogP contribution in [0, 0.1) is 5.92 Å². The van der Waals surface area contributed by atoms with Gasteiger partial charge in [-0.2, -0.15) is 0 Å². The summed E-state index contributed by atoms with van der Waals surface area (Å²) < 4.78 is 0. The third-order valence-corrected chi connectivity index (χ3v) is 5.27. The Kier molecular flexibility index (Phi) is 7.85. The summed E-state index contributed by atoms with van der Waals surface area (Å²) in [7, 11) is 0. The smallest absolute Gasteiger partial charge is 0.228 e. The Hall–Kier alpha value is -1.66. The van der Waals surface area contributed by atoms with Crippen LogP contribution in [0.5, 0.6) is 0 Å². The molecular formula is C19H29ClN4O2. The minimum Gasteiger partial charge on any atom is -0.342 e. The Labute approximate surface area is 161 Å². The molecule has 2 aliphatic heterocycles. The molecular weight excluding hydrogens is 352 g/mol. The van der Waals surface area contributed by atoms with Gasteiger partial charge in [-0.15, -0.1) is 12.4 Å². The molecule has 0 aromatic carbocycles. The third-order valence-electron chi connectivity index (χ3n) is 5.27. The van der Waals surface area contributed by atoms with Gasteiger partial charge < -0.3 is 15.1 Å². The summed E-state index contributed by atoms with van der Waals surface area (Å²) in [6, 6.07) is 6.03. The first-order chi connectivity index (χ1) is 12.2. The summed E-state index contributed by atoms with van der Waals surface area (Å²) in [5.41, 5.74) is 0.907. The molecule has 3 heterocycles. The molecule has 144 valence electrons. The summed E-state index contributed by atoms with van der Waals surface area (Å²) >= 11 is 0. The van der Waals surface area contributed by atoms with Crippen LogP contribution < -0.4 is 5.32 Å². The van der Waals surface area contributed by atoms with Crippen molar-refractivity contribution in [2.45, 2.75) is 45.2 Å². The van der Waals surface area contributed by atoms with Crippen LogP contribution in [0.3, 0.4) is 0 Å². The Balaban J connectivity index is 0.00000243. The minimum atomic E-state index is -0.215. The zero-order valence-corrected chi connectivity index (χ0v) is 16.2. The highest BCUT2D eigenvalue weighted by Crippen LogP contribution is 2.24. The molecule has 0 aliphatic carbocycles. The minimum absolute atomic E-state index is 0. The number of hydrogen-bond acceptors (Lipinski definition) is 4. The van der Waals surface area contributed by atoms with Gasteiger partial charge in [-0.05, 0) is 51.4 Å². The van der Waals surface area contributed by atoms with E-state index in [1.807, 2.05) is 30.0 Å².